The van der Waals surface area contributed by atoms with Gasteiger partial charge in [0.15, 0.2) is 0 Å². The fraction of sp³-hybridized carbons (Fsp3) is 0.375. The third-order valence-corrected chi connectivity index (χ3v) is 1.82. The summed E-state index contributed by atoms with van der Waals surface area (Å²) >= 11 is 0. The van der Waals surface area contributed by atoms with Crippen molar-refractivity contribution in [2.24, 2.45) is 5.84 Å². The molecule has 0 bridgehead atoms. The van der Waals surface area contributed by atoms with Gasteiger partial charge in [0.1, 0.15) is 5.82 Å². The molecule has 1 rings (SSSR count). The van der Waals surface area contributed by atoms with Gasteiger partial charge < -0.3 is 5.73 Å². The topological polar surface area (TPSA) is 77.0 Å². The van der Waals surface area contributed by atoms with Crippen LogP contribution < -0.4 is 17.0 Å². The van der Waals surface area contributed by atoms with Crippen LogP contribution in [0.5, 0.6) is 0 Å². The third kappa shape index (κ3) is 2.90. The van der Waals surface area contributed by atoms with Crippen molar-refractivity contribution in [3.05, 3.63) is 23.9 Å². The third-order valence-electron chi connectivity index (χ3n) is 1.82. The summed E-state index contributed by atoms with van der Waals surface area (Å²) in [7, 11) is 0. The van der Waals surface area contributed by atoms with E-state index in [2.05, 4.69) is 10.4 Å². The highest BCUT2D eigenvalue weighted by Crippen LogP contribution is 2.10. The lowest BCUT2D eigenvalue weighted by Crippen LogP contribution is -2.42. The van der Waals surface area contributed by atoms with Gasteiger partial charge in [-0.25, -0.2) is 13.8 Å². The van der Waals surface area contributed by atoms with Crippen molar-refractivity contribution in [2.45, 2.75) is 18.9 Å². The number of anilines is 1. The second-order valence-electron chi connectivity index (χ2n) is 2.90. The molecule has 0 aliphatic heterocycles. The Hall–Kier alpha value is -1.27. The highest BCUT2D eigenvalue weighted by atomic mass is 19.3. The first-order valence-corrected chi connectivity index (χ1v) is 4.08. The lowest BCUT2D eigenvalue weighted by Gasteiger charge is -2.14. The Morgan fingerprint density at radius 1 is 1.50 bits per heavy atom. The molecular weight excluding hydrogens is 190 g/mol. The molecule has 0 fully saturated rings. The molecule has 4 nitrogen and oxygen atoms in total. The van der Waals surface area contributed by atoms with Crippen LogP contribution in [0, 0.1) is 0 Å². The number of hydrazine groups is 1. The van der Waals surface area contributed by atoms with Crippen LogP contribution in [0.1, 0.15) is 5.56 Å². The molecule has 1 aromatic rings. The summed E-state index contributed by atoms with van der Waals surface area (Å²) in [6.07, 6.45) is -0.903. The van der Waals surface area contributed by atoms with Gasteiger partial charge in [-0.05, 0) is 24.1 Å². The number of hydrogen-bond donors (Lipinski definition) is 3. The number of alkyl halides is 2. The van der Waals surface area contributed by atoms with Crippen molar-refractivity contribution in [1.29, 1.82) is 0 Å². The fourth-order valence-corrected chi connectivity index (χ4v) is 1.10. The summed E-state index contributed by atoms with van der Waals surface area (Å²) in [6, 6.07) is 2.12. The molecule has 0 radical (unpaired) electrons. The van der Waals surface area contributed by atoms with Gasteiger partial charge in [-0.1, -0.05) is 0 Å². The smallest absolute Gasteiger partial charge is 0.255 e. The molecule has 0 amide bonds. The maximum atomic E-state index is 12.3. The maximum absolute atomic E-state index is 12.3. The minimum atomic E-state index is -2.51. The molecule has 1 heterocycles. The van der Waals surface area contributed by atoms with Crippen molar-refractivity contribution >= 4 is 5.82 Å². The molecule has 1 unspecified atom stereocenters. The van der Waals surface area contributed by atoms with Crippen molar-refractivity contribution in [2.75, 3.05) is 5.73 Å². The highest BCUT2D eigenvalue weighted by molar-refractivity contribution is 5.32. The number of hydrogen-bond acceptors (Lipinski definition) is 4. The molecule has 0 aliphatic carbocycles. The van der Waals surface area contributed by atoms with Crippen molar-refractivity contribution < 1.29 is 8.78 Å². The second-order valence-corrected chi connectivity index (χ2v) is 2.90. The molecular formula is C8H12F2N4. The number of nitrogen functional groups attached to an aromatic ring is 1. The Balaban J connectivity index is 2.67. The summed E-state index contributed by atoms with van der Waals surface area (Å²) in [5.74, 6) is 5.30. The Labute approximate surface area is 80.3 Å². The predicted octanol–water partition coefficient (Wildman–Crippen LogP) is 0.303. The predicted molar refractivity (Wildman–Crippen MR) is 49.5 cm³/mol. The molecule has 14 heavy (non-hydrogen) atoms. The van der Waals surface area contributed by atoms with Gasteiger partial charge in [0.05, 0.1) is 6.04 Å². The number of halogens is 2. The van der Waals surface area contributed by atoms with Crippen molar-refractivity contribution in [3.8, 4) is 0 Å². The van der Waals surface area contributed by atoms with Gasteiger partial charge in [-0.15, -0.1) is 0 Å². The van der Waals surface area contributed by atoms with E-state index in [-0.39, 0.29) is 6.42 Å². The Morgan fingerprint density at radius 3 is 2.71 bits per heavy atom. The average molecular weight is 202 g/mol. The van der Waals surface area contributed by atoms with Gasteiger partial charge in [-0.2, -0.15) is 0 Å². The Kier molecular flexibility index (Phi) is 3.73. The standard InChI is InChI=1S/C8H12F2N4/c9-8(10)6(14-12)3-5-1-2-13-7(11)4-5/h1-2,4,6,8,14H,3,12H2,(H2,11,13). The summed E-state index contributed by atoms with van der Waals surface area (Å²) in [5, 5.41) is 0. The highest BCUT2D eigenvalue weighted by Gasteiger charge is 2.18. The van der Waals surface area contributed by atoms with E-state index in [0.717, 1.165) is 0 Å². The minimum Gasteiger partial charge on any atom is -0.384 e. The molecule has 0 aromatic carbocycles. The first-order valence-electron chi connectivity index (χ1n) is 4.08. The number of aromatic nitrogens is 1. The van der Waals surface area contributed by atoms with Gasteiger partial charge in [0, 0.05) is 6.20 Å². The summed E-state index contributed by atoms with van der Waals surface area (Å²) in [5.41, 5.74) is 8.14. The van der Waals surface area contributed by atoms with Crippen LogP contribution in [0.15, 0.2) is 18.3 Å². The number of rotatable bonds is 4. The molecule has 1 aromatic heterocycles. The van der Waals surface area contributed by atoms with Crippen molar-refractivity contribution in [1.82, 2.24) is 10.4 Å². The van der Waals surface area contributed by atoms with Crippen LogP contribution in [0.25, 0.3) is 0 Å². The monoisotopic (exact) mass is 202 g/mol. The van der Waals surface area contributed by atoms with Crippen molar-refractivity contribution in [3.63, 3.8) is 0 Å². The van der Waals surface area contributed by atoms with E-state index >= 15 is 0 Å². The fourth-order valence-electron chi connectivity index (χ4n) is 1.10. The summed E-state index contributed by atoms with van der Waals surface area (Å²) in [4.78, 5) is 3.76. The van der Waals surface area contributed by atoms with Crippen LogP contribution in [0.2, 0.25) is 0 Å². The second kappa shape index (κ2) is 4.83. The molecule has 6 heteroatoms. The zero-order chi connectivity index (χ0) is 10.6. The van der Waals surface area contributed by atoms with Gasteiger partial charge >= 0.3 is 0 Å². The van der Waals surface area contributed by atoms with E-state index in [1.807, 2.05) is 0 Å². The molecule has 78 valence electrons. The zero-order valence-corrected chi connectivity index (χ0v) is 7.45. The molecule has 0 spiro atoms. The Bertz CT molecular complexity index is 292. The quantitative estimate of drug-likeness (QED) is 0.485. The SMILES string of the molecule is NNC(Cc1ccnc(N)c1)C(F)F. The number of nitrogens with zero attached hydrogens (tertiary/aromatic N) is 1. The molecule has 5 N–H and O–H groups in total. The molecule has 0 aliphatic rings. The van der Waals surface area contributed by atoms with E-state index in [4.69, 9.17) is 11.6 Å². The normalized spacial score (nSPS) is 13.1. The van der Waals surface area contributed by atoms with E-state index in [1.165, 1.54) is 6.20 Å². The largest absolute Gasteiger partial charge is 0.384 e. The van der Waals surface area contributed by atoms with E-state index < -0.39 is 12.5 Å². The van der Waals surface area contributed by atoms with Gasteiger partial charge in [-0.3, -0.25) is 11.3 Å². The first kappa shape index (κ1) is 10.8. The van der Waals surface area contributed by atoms with E-state index in [1.54, 1.807) is 12.1 Å². The van der Waals surface area contributed by atoms with Gasteiger partial charge in [0.2, 0.25) is 0 Å². The van der Waals surface area contributed by atoms with Gasteiger partial charge in [0.25, 0.3) is 6.43 Å². The van der Waals surface area contributed by atoms with Crippen LogP contribution in [0.4, 0.5) is 14.6 Å². The van der Waals surface area contributed by atoms with Crippen LogP contribution in [-0.2, 0) is 6.42 Å². The van der Waals surface area contributed by atoms with E-state index in [0.29, 0.717) is 11.4 Å². The summed E-state index contributed by atoms with van der Waals surface area (Å²) in [6.45, 7) is 0. The summed E-state index contributed by atoms with van der Waals surface area (Å²) < 4.78 is 24.6. The van der Waals surface area contributed by atoms with Crippen LogP contribution in [-0.4, -0.2) is 17.5 Å². The molecule has 0 saturated carbocycles. The number of nitrogens with one attached hydrogen (secondary N) is 1. The van der Waals surface area contributed by atoms with E-state index in [9.17, 15) is 8.78 Å². The van der Waals surface area contributed by atoms with Crippen LogP contribution >= 0.6 is 0 Å². The lowest BCUT2D eigenvalue weighted by molar-refractivity contribution is 0.0984. The van der Waals surface area contributed by atoms with Crippen LogP contribution in [0.3, 0.4) is 0 Å². The molecule has 0 saturated heterocycles. The maximum Gasteiger partial charge on any atom is 0.255 e. The average Bonchev–Trinajstić information content (AvgIpc) is 2.14. The first-order chi connectivity index (χ1) is 6.63. The number of pyridine rings is 1. The zero-order valence-electron chi connectivity index (χ0n) is 7.45. The number of nitrogens with two attached hydrogens (primary N) is 2. The Morgan fingerprint density at radius 2 is 2.21 bits per heavy atom. The minimum absolute atomic E-state index is 0.126. The molecule has 1 atom stereocenters. The lowest BCUT2D eigenvalue weighted by atomic mass is 10.1.